The molecule has 0 aliphatic heterocycles. The molecule has 5 nitrogen and oxygen atoms in total. The summed E-state index contributed by atoms with van der Waals surface area (Å²) in [5.41, 5.74) is -1.42. The Bertz CT molecular complexity index is 1010. The molecule has 0 aliphatic carbocycles. The van der Waals surface area contributed by atoms with Crippen molar-refractivity contribution < 1.29 is 23.1 Å². The number of aromatic nitrogens is 2. The van der Waals surface area contributed by atoms with Crippen molar-refractivity contribution in [2.24, 2.45) is 0 Å². The predicted octanol–water partition coefficient (Wildman–Crippen LogP) is 3.31. The molecule has 2 heterocycles. The number of H-pyrrole nitrogens is 1. The quantitative estimate of drug-likeness (QED) is 0.753. The number of fused-ring (bicyclic) bond motifs is 1. The lowest BCUT2D eigenvalue weighted by Gasteiger charge is -2.10. The van der Waals surface area contributed by atoms with Crippen LogP contribution in [0.1, 0.15) is 15.9 Å². The molecule has 0 amide bonds. The minimum Gasteiger partial charge on any atom is -0.478 e. The smallest absolute Gasteiger partial charge is 0.416 e. The zero-order chi connectivity index (χ0) is 17.5. The maximum Gasteiger partial charge on any atom is 0.416 e. The molecule has 0 atom stereocenters. The lowest BCUT2D eigenvalue weighted by Crippen LogP contribution is -2.09. The van der Waals surface area contributed by atoms with E-state index in [0.29, 0.717) is 0 Å². The zero-order valence-electron chi connectivity index (χ0n) is 11.9. The monoisotopic (exact) mass is 334 g/mol. The fourth-order valence-corrected chi connectivity index (χ4v) is 2.34. The van der Waals surface area contributed by atoms with Crippen molar-refractivity contribution in [1.29, 1.82) is 0 Å². The summed E-state index contributed by atoms with van der Waals surface area (Å²) >= 11 is 0. The van der Waals surface area contributed by atoms with Crippen molar-refractivity contribution >= 4 is 16.9 Å². The average Bonchev–Trinajstić information content (AvgIpc) is 2.53. The topological polar surface area (TPSA) is 83.0 Å². The number of carboxylic acids is 1. The maximum absolute atomic E-state index is 12.8. The van der Waals surface area contributed by atoms with E-state index in [2.05, 4.69) is 9.97 Å². The van der Waals surface area contributed by atoms with Gasteiger partial charge in [-0.1, -0.05) is 12.1 Å². The number of hydrogen-bond acceptors (Lipinski definition) is 3. The van der Waals surface area contributed by atoms with Crippen LogP contribution in [-0.4, -0.2) is 21.0 Å². The van der Waals surface area contributed by atoms with E-state index in [0.717, 1.165) is 24.4 Å². The van der Waals surface area contributed by atoms with Crippen LogP contribution in [0.15, 0.2) is 47.5 Å². The lowest BCUT2D eigenvalue weighted by atomic mass is 10.1. The van der Waals surface area contributed by atoms with Crippen LogP contribution in [0.2, 0.25) is 0 Å². The van der Waals surface area contributed by atoms with Crippen molar-refractivity contribution in [3.8, 4) is 11.3 Å². The van der Waals surface area contributed by atoms with Crippen molar-refractivity contribution in [3.05, 3.63) is 64.1 Å². The number of carboxylic acid groups (broad SMARTS) is 1. The van der Waals surface area contributed by atoms with Crippen LogP contribution in [0.3, 0.4) is 0 Å². The SMILES string of the molecule is O=C(O)c1cncc2c(=O)cc(-c3cccc(C(F)(F)F)c3)[nH]c12. The van der Waals surface area contributed by atoms with Crippen molar-refractivity contribution in [2.75, 3.05) is 0 Å². The molecule has 2 aromatic heterocycles. The van der Waals surface area contributed by atoms with E-state index in [-0.39, 0.29) is 27.7 Å². The number of carbonyl (C=O) groups is 1. The summed E-state index contributed by atoms with van der Waals surface area (Å²) in [6.45, 7) is 0. The summed E-state index contributed by atoms with van der Waals surface area (Å²) in [6.07, 6.45) is -2.25. The number of halogens is 3. The van der Waals surface area contributed by atoms with E-state index in [4.69, 9.17) is 0 Å². The summed E-state index contributed by atoms with van der Waals surface area (Å²) in [7, 11) is 0. The number of alkyl halides is 3. The first-order valence-corrected chi connectivity index (χ1v) is 6.69. The molecule has 0 radical (unpaired) electrons. The van der Waals surface area contributed by atoms with Gasteiger partial charge in [-0.3, -0.25) is 9.78 Å². The number of pyridine rings is 2. The number of benzene rings is 1. The second-order valence-corrected chi connectivity index (χ2v) is 5.04. The first-order valence-electron chi connectivity index (χ1n) is 6.69. The number of aromatic carboxylic acids is 1. The molecular formula is C16H9F3N2O3. The third-order valence-electron chi connectivity index (χ3n) is 3.48. The molecule has 0 aliphatic rings. The second-order valence-electron chi connectivity index (χ2n) is 5.04. The first kappa shape index (κ1) is 15.7. The Kier molecular flexibility index (Phi) is 3.59. The third kappa shape index (κ3) is 2.73. The highest BCUT2D eigenvalue weighted by Gasteiger charge is 2.30. The van der Waals surface area contributed by atoms with Crippen molar-refractivity contribution in [3.63, 3.8) is 0 Å². The third-order valence-corrected chi connectivity index (χ3v) is 3.48. The van der Waals surface area contributed by atoms with E-state index in [1.165, 1.54) is 18.3 Å². The van der Waals surface area contributed by atoms with Crippen molar-refractivity contribution in [1.82, 2.24) is 9.97 Å². The van der Waals surface area contributed by atoms with Gasteiger partial charge < -0.3 is 10.1 Å². The standard InChI is InChI=1S/C16H9F3N2O3/c17-16(18,19)9-3-1-2-8(4-9)12-5-13(22)10-6-20-7-11(15(23)24)14(10)21-12/h1-7H,(H,21,22)(H,23,24). The molecule has 0 spiro atoms. The Balaban J connectivity index is 2.27. The number of nitrogens with zero attached hydrogens (tertiary/aromatic N) is 1. The van der Waals surface area contributed by atoms with Gasteiger partial charge in [0.15, 0.2) is 5.43 Å². The molecular weight excluding hydrogens is 325 g/mol. The number of nitrogens with one attached hydrogen (secondary N) is 1. The van der Waals surface area contributed by atoms with Gasteiger partial charge >= 0.3 is 12.1 Å². The fourth-order valence-electron chi connectivity index (χ4n) is 2.34. The lowest BCUT2D eigenvalue weighted by molar-refractivity contribution is -0.137. The molecule has 0 saturated carbocycles. The highest BCUT2D eigenvalue weighted by atomic mass is 19.4. The normalized spacial score (nSPS) is 11.6. The van der Waals surface area contributed by atoms with Crippen LogP contribution in [0.4, 0.5) is 13.2 Å². The van der Waals surface area contributed by atoms with Gasteiger partial charge in [0.25, 0.3) is 0 Å². The summed E-state index contributed by atoms with van der Waals surface area (Å²) in [5, 5.41) is 9.22. The Morgan fingerprint density at radius 3 is 2.58 bits per heavy atom. The number of aromatic amines is 1. The number of hydrogen-bond donors (Lipinski definition) is 2. The van der Waals surface area contributed by atoms with E-state index in [1.54, 1.807) is 0 Å². The fraction of sp³-hybridized carbons (Fsp3) is 0.0625. The average molecular weight is 334 g/mol. The van der Waals surface area contributed by atoms with Gasteiger partial charge in [-0.05, 0) is 17.7 Å². The van der Waals surface area contributed by atoms with E-state index < -0.39 is 23.1 Å². The molecule has 3 aromatic rings. The minimum atomic E-state index is -4.52. The van der Waals surface area contributed by atoms with Gasteiger partial charge in [-0.15, -0.1) is 0 Å². The Morgan fingerprint density at radius 2 is 1.92 bits per heavy atom. The molecule has 0 bridgehead atoms. The Morgan fingerprint density at radius 1 is 1.17 bits per heavy atom. The van der Waals surface area contributed by atoms with Gasteiger partial charge in [-0.25, -0.2) is 4.79 Å². The predicted molar refractivity (Wildman–Crippen MR) is 79.8 cm³/mol. The van der Waals surface area contributed by atoms with Crippen LogP contribution in [-0.2, 0) is 6.18 Å². The maximum atomic E-state index is 12.8. The first-order chi connectivity index (χ1) is 11.3. The van der Waals surface area contributed by atoms with Gasteiger partial charge in [-0.2, -0.15) is 13.2 Å². The summed E-state index contributed by atoms with van der Waals surface area (Å²) in [5.74, 6) is -1.30. The molecule has 8 heteroatoms. The molecule has 122 valence electrons. The largest absolute Gasteiger partial charge is 0.478 e. The Labute approximate surface area is 132 Å². The van der Waals surface area contributed by atoms with Crippen LogP contribution in [0, 0.1) is 0 Å². The molecule has 0 fully saturated rings. The number of rotatable bonds is 2. The second kappa shape index (κ2) is 5.48. The molecule has 3 rings (SSSR count). The molecule has 0 unspecified atom stereocenters. The van der Waals surface area contributed by atoms with Gasteiger partial charge in [0.1, 0.15) is 5.56 Å². The van der Waals surface area contributed by atoms with Crippen LogP contribution in [0.5, 0.6) is 0 Å². The molecule has 2 N–H and O–H groups in total. The van der Waals surface area contributed by atoms with E-state index in [9.17, 15) is 27.9 Å². The van der Waals surface area contributed by atoms with Gasteiger partial charge in [0.2, 0.25) is 0 Å². The van der Waals surface area contributed by atoms with E-state index >= 15 is 0 Å². The zero-order valence-corrected chi connectivity index (χ0v) is 11.9. The van der Waals surface area contributed by atoms with Crippen LogP contribution in [0.25, 0.3) is 22.2 Å². The molecule has 1 aromatic carbocycles. The summed E-state index contributed by atoms with van der Waals surface area (Å²) in [6, 6.07) is 5.53. The highest BCUT2D eigenvalue weighted by molar-refractivity contribution is 6.01. The molecule has 0 saturated heterocycles. The molecule has 24 heavy (non-hydrogen) atoms. The van der Waals surface area contributed by atoms with Gasteiger partial charge in [0.05, 0.1) is 16.5 Å². The van der Waals surface area contributed by atoms with Crippen molar-refractivity contribution in [2.45, 2.75) is 6.18 Å². The van der Waals surface area contributed by atoms with Crippen LogP contribution >= 0.6 is 0 Å². The minimum absolute atomic E-state index is 0.0115. The Hall–Kier alpha value is -3.16. The van der Waals surface area contributed by atoms with Crippen LogP contribution < -0.4 is 5.43 Å². The summed E-state index contributed by atoms with van der Waals surface area (Å²) < 4.78 is 38.5. The summed E-state index contributed by atoms with van der Waals surface area (Å²) in [4.78, 5) is 29.8. The highest BCUT2D eigenvalue weighted by Crippen LogP contribution is 2.31. The van der Waals surface area contributed by atoms with Gasteiger partial charge in [0, 0.05) is 24.2 Å². The van der Waals surface area contributed by atoms with E-state index in [1.807, 2.05) is 0 Å².